The summed E-state index contributed by atoms with van der Waals surface area (Å²) < 4.78 is 0. The number of carboxylic acid groups (broad SMARTS) is 1. The summed E-state index contributed by atoms with van der Waals surface area (Å²) >= 11 is 0. The minimum Gasteiger partial charge on any atom is -0.481 e. The van der Waals surface area contributed by atoms with Crippen LogP contribution in [0.3, 0.4) is 0 Å². The standard InChI is InChI=1S/C20H26O2/c1-2-3-4-5-6-7-8-9-10-11-12-13-14-15-16-17-18-19-20(21)22/h1,3-4,6-7,9-10,12-13,15-16H,5,8,11,14,17-19H2,(H,21,22). The Labute approximate surface area is 134 Å². The van der Waals surface area contributed by atoms with Crippen LogP contribution in [0.5, 0.6) is 0 Å². The molecule has 22 heavy (non-hydrogen) atoms. The molecule has 0 aromatic heterocycles. The second-order valence-corrected chi connectivity index (χ2v) is 4.68. The molecule has 0 bridgehead atoms. The molecular weight excluding hydrogens is 272 g/mol. The molecule has 0 rings (SSSR count). The normalized spacial score (nSPS) is 12.3. The molecule has 2 nitrogen and oxygen atoms in total. The van der Waals surface area contributed by atoms with Crippen molar-refractivity contribution < 1.29 is 9.90 Å². The van der Waals surface area contributed by atoms with Crippen LogP contribution in [0.4, 0.5) is 0 Å². The van der Waals surface area contributed by atoms with Crippen LogP contribution in [0.25, 0.3) is 0 Å². The van der Waals surface area contributed by atoms with Crippen molar-refractivity contribution in [3.05, 3.63) is 60.8 Å². The first-order chi connectivity index (χ1) is 10.8. The molecule has 0 atom stereocenters. The van der Waals surface area contributed by atoms with Crippen LogP contribution in [0, 0.1) is 12.3 Å². The van der Waals surface area contributed by atoms with Gasteiger partial charge in [-0.2, -0.15) is 0 Å². The second-order valence-electron chi connectivity index (χ2n) is 4.68. The fourth-order valence-electron chi connectivity index (χ4n) is 1.61. The van der Waals surface area contributed by atoms with Crippen molar-refractivity contribution in [2.75, 3.05) is 0 Å². The Bertz CT molecular complexity index is 457. The predicted molar refractivity (Wildman–Crippen MR) is 94.5 cm³/mol. The molecular formula is C20H26O2. The van der Waals surface area contributed by atoms with E-state index in [1.807, 2.05) is 12.2 Å². The maximum atomic E-state index is 10.3. The van der Waals surface area contributed by atoms with Gasteiger partial charge in [0.1, 0.15) is 0 Å². The van der Waals surface area contributed by atoms with E-state index in [-0.39, 0.29) is 6.42 Å². The van der Waals surface area contributed by atoms with Gasteiger partial charge in [-0.25, -0.2) is 0 Å². The number of aliphatic carboxylic acids is 1. The molecule has 0 fully saturated rings. The monoisotopic (exact) mass is 298 g/mol. The number of carbonyl (C=O) groups is 1. The summed E-state index contributed by atoms with van der Waals surface area (Å²) in [5.41, 5.74) is 0. The van der Waals surface area contributed by atoms with Gasteiger partial charge in [0.05, 0.1) is 0 Å². The molecule has 0 heterocycles. The van der Waals surface area contributed by atoms with E-state index in [0.29, 0.717) is 6.42 Å². The van der Waals surface area contributed by atoms with E-state index >= 15 is 0 Å². The first kappa shape index (κ1) is 19.7. The van der Waals surface area contributed by atoms with Gasteiger partial charge in [0.2, 0.25) is 0 Å². The van der Waals surface area contributed by atoms with Gasteiger partial charge in [0, 0.05) is 6.42 Å². The molecule has 118 valence electrons. The van der Waals surface area contributed by atoms with Crippen LogP contribution in [-0.2, 0) is 4.79 Å². The van der Waals surface area contributed by atoms with Crippen molar-refractivity contribution in [1.82, 2.24) is 0 Å². The van der Waals surface area contributed by atoms with Crippen LogP contribution in [0.15, 0.2) is 60.8 Å². The van der Waals surface area contributed by atoms with Crippen LogP contribution in [-0.4, -0.2) is 11.1 Å². The lowest BCUT2D eigenvalue weighted by Gasteiger charge is -1.89. The molecule has 0 aromatic rings. The molecule has 0 unspecified atom stereocenters. The molecule has 0 aliphatic carbocycles. The van der Waals surface area contributed by atoms with Crippen molar-refractivity contribution >= 4 is 5.97 Å². The van der Waals surface area contributed by atoms with Gasteiger partial charge in [0.15, 0.2) is 0 Å². The topological polar surface area (TPSA) is 37.3 Å². The third-order valence-corrected chi connectivity index (χ3v) is 2.73. The molecule has 2 heteroatoms. The SMILES string of the molecule is C#CC=CCC=CCC=CCC=CCC=CCCCC(=O)O. The van der Waals surface area contributed by atoms with Crippen molar-refractivity contribution in [2.24, 2.45) is 0 Å². The molecule has 0 radical (unpaired) electrons. The zero-order valence-electron chi connectivity index (χ0n) is 13.2. The third kappa shape index (κ3) is 17.7. The summed E-state index contributed by atoms with van der Waals surface area (Å²) in [5, 5.41) is 8.48. The zero-order valence-corrected chi connectivity index (χ0v) is 13.2. The van der Waals surface area contributed by atoms with Gasteiger partial charge in [0.25, 0.3) is 0 Å². The van der Waals surface area contributed by atoms with E-state index in [9.17, 15) is 4.79 Å². The number of terminal acetylenes is 1. The summed E-state index contributed by atoms with van der Waals surface area (Å²) in [7, 11) is 0. The Morgan fingerprint density at radius 3 is 1.73 bits per heavy atom. The first-order valence-electron chi connectivity index (χ1n) is 7.70. The largest absolute Gasteiger partial charge is 0.481 e. The Morgan fingerprint density at radius 2 is 1.27 bits per heavy atom. The third-order valence-electron chi connectivity index (χ3n) is 2.73. The average molecular weight is 298 g/mol. The van der Waals surface area contributed by atoms with Gasteiger partial charge in [-0.1, -0.05) is 60.6 Å². The maximum Gasteiger partial charge on any atom is 0.303 e. The smallest absolute Gasteiger partial charge is 0.303 e. The lowest BCUT2D eigenvalue weighted by molar-refractivity contribution is -0.137. The molecule has 0 aliphatic heterocycles. The van der Waals surface area contributed by atoms with E-state index < -0.39 is 5.97 Å². The van der Waals surface area contributed by atoms with Crippen LogP contribution < -0.4 is 0 Å². The lowest BCUT2D eigenvalue weighted by Crippen LogP contribution is -1.92. The van der Waals surface area contributed by atoms with E-state index in [2.05, 4.69) is 48.5 Å². The fourth-order valence-corrected chi connectivity index (χ4v) is 1.61. The summed E-state index contributed by atoms with van der Waals surface area (Å²) in [4.78, 5) is 10.3. The molecule has 0 aliphatic rings. The summed E-state index contributed by atoms with van der Waals surface area (Å²) in [6, 6.07) is 0. The highest BCUT2D eigenvalue weighted by Gasteiger charge is 1.92. The van der Waals surface area contributed by atoms with Gasteiger partial charge in [-0.15, -0.1) is 6.42 Å². The van der Waals surface area contributed by atoms with Gasteiger partial charge in [-0.3, -0.25) is 4.79 Å². The van der Waals surface area contributed by atoms with Crippen LogP contribution in [0.2, 0.25) is 0 Å². The number of allylic oxidation sites excluding steroid dienone is 10. The van der Waals surface area contributed by atoms with Crippen molar-refractivity contribution in [3.63, 3.8) is 0 Å². The zero-order chi connectivity index (χ0) is 16.3. The Hall–Kier alpha value is -2.27. The Morgan fingerprint density at radius 1 is 0.818 bits per heavy atom. The molecule has 0 aromatic carbocycles. The quantitative estimate of drug-likeness (QED) is 0.305. The van der Waals surface area contributed by atoms with E-state index in [1.165, 1.54) is 0 Å². The fraction of sp³-hybridized carbons (Fsp3) is 0.350. The van der Waals surface area contributed by atoms with Crippen molar-refractivity contribution in [2.45, 2.75) is 44.9 Å². The minimum atomic E-state index is -0.723. The maximum absolute atomic E-state index is 10.3. The van der Waals surface area contributed by atoms with Gasteiger partial charge >= 0.3 is 5.97 Å². The molecule has 0 spiro atoms. The van der Waals surface area contributed by atoms with E-state index in [1.54, 1.807) is 6.08 Å². The predicted octanol–water partition coefficient (Wildman–Crippen LogP) is 5.22. The Kier molecular flexibility index (Phi) is 15.1. The second kappa shape index (κ2) is 16.8. The van der Waals surface area contributed by atoms with Crippen molar-refractivity contribution in [3.8, 4) is 12.3 Å². The van der Waals surface area contributed by atoms with E-state index in [4.69, 9.17) is 11.5 Å². The summed E-state index contributed by atoms with van der Waals surface area (Å²) in [5.74, 6) is 1.73. The molecule has 0 amide bonds. The summed E-state index contributed by atoms with van der Waals surface area (Å²) in [6.07, 6.45) is 31.1. The Balaban J connectivity index is 3.48. The van der Waals surface area contributed by atoms with Crippen LogP contribution >= 0.6 is 0 Å². The van der Waals surface area contributed by atoms with E-state index in [0.717, 1.165) is 32.1 Å². The summed E-state index contributed by atoms with van der Waals surface area (Å²) in [6.45, 7) is 0. The number of hydrogen-bond acceptors (Lipinski definition) is 1. The molecule has 1 N–H and O–H groups in total. The van der Waals surface area contributed by atoms with Crippen molar-refractivity contribution in [1.29, 1.82) is 0 Å². The highest BCUT2D eigenvalue weighted by Crippen LogP contribution is 1.99. The number of rotatable bonds is 12. The van der Waals surface area contributed by atoms with Gasteiger partial charge < -0.3 is 5.11 Å². The number of unbranched alkanes of at least 4 members (excludes halogenated alkanes) is 1. The first-order valence-corrected chi connectivity index (χ1v) is 7.70. The van der Waals surface area contributed by atoms with Crippen LogP contribution in [0.1, 0.15) is 44.9 Å². The minimum absolute atomic E-state index is 0.250. The average Bonchev–Trinajstić information content (AvgIpc) is 2.50. The number of hydrogen-bond donors (Lipinski definition) is 1. The molecule has 0 saturated heterocycles. The van der Waals surface area contributed by atoms with Gasteiger partial charge in [-0.05, 0) is 44.6 Å². The number of carboxylic acids is 1. The lowest BCUT2D eigenvalue weighted by atomic mass is 10.2. The molecule has 0 saturated carbocycles. The highest BCUT2D eigenvalue weighted by molar-refractivity contribution is 5.66. The highest BCUT2D eigenvalue weighted by atomic mass is 16.4.